The minimum absolute atomic E-state index is 0.00243. The summed E-state index contributed by atoms with van der Waals surface area (Å²) in [5.41, 5.74) is -0.973. The van der Waals surface area contributed by atoms with Crippen LogP contribution in [-0.2, 0) is 14.3 Å². The van der Waals surface area contributed by atoms with Crippen LogP contribution >= 0.6 is 0 Å². The molecule has 0 heterocycles. The highest BCUT2D eigenvalue weighted by atomic mass is 19.3. The Hall–Kier alpha value is -1.07. The lowest BCUT2D eigenvalue weighted by Crippen LogP contribution is -2.61. The Labute approximate surface area is 158 Å². The van der Waals surface area contributed by atoms with E-state index >= 15 is 0 Å². The van der Waals surface area contributed by atoms with Crippen molar-refractivity contribution in [3.8, 4) is 0 Å². The zero-order valence-electron chi connectivity index (χ0n) is 16.3. The van der Waals surface area contributed by atoms with E-state index in [1.165, 1.54) is 6.92 Å². The molecule has 0 aromatic carbocycles. The number of carbonyl (C=O) groups is 2. The Kier molecular flexibility index (Phi) is 4.25. The number of ketones is 1. The van der Waals surface area contributed by atoms with Crippen molar-refractivity contribution in [2.45, 2.75) is 83.9 Å². The quantitative estimate of drug-likeness (QED) is 0.612. The summed E-state index contributed by atoms with van der Waals surface area (Å²) in [4.78, 5) is 23.3. The fourth-order valence-electron chi connectivity index (χ4n) is 7.52. The van der Waals surface area contributed by atoms with Gasteiger partial charge >= 0.3 is 11.9 Å². The van der Waals surface area contributed by atoms with E-state index in [4.69, 9.17) is 4.74 Å². The van der Waals surface area contributed by atoms with Gasteiger partial charge in [0, 0.05) is 24.7 Å². The number of halogens is 3. The second kappa shape index (κ2) is 5.96. The van der Waals surface area contributed by atoms with Crippen molar-refractivity contribution in [2.24, 2.45) is 34.5 Å². The van der Waals surface area contributed by atoms with Crippen molar-refractivity contribution in [1.82, 2.24) is 0 Å². The molecule has 0 N–H and O–H groups in total. The highest BCUT2D eigenvalue weighted by molar-refractivity contribution is 5.91. The molecule has 0 bridgehead atoms. The highest BCUT2D eigenvalue weighted by Gasteiger charge is 2.67. The van der Waals surface area contributed by atoms with Gasteiger partial charge in [0.25, 0.3) is 0 Å². The van der Waals surface area contributed by atoms with E-state index < -0.39 is 35.6 Å². The van der Waals surface area contributed by atoms with E-state index in [1.807, 2.05) is 0 Å². The number of Topliss-reactive ketones (excluding diaryl/α,β-unsaturated/α-hetero) is 1. The smallest absolute Gasteiger partial charge is 0.308 e. The summed E-state index contributed by atoms with van der Waals surface area (Å²) >= 11 is 0. The van der Waals surface area contributed by atoms with E-state index in [1.54, 1.807) is 6.92 Å². The van der Waals surface area contributed by atoms with Crippen LogP contribution in [0.4, 0.5) is 13.2 Å². The molecule has 6 heteroatoms. The number of fused-ring (bicyclic) bond motifs is 5. The lowest BCUT2D eigenvalue weighted by atomic mass is 9.44. The third kappa shape index (κ3) is 2.61. The lowest BCUT2D eigenvalue weighted by molar-refractivity contribution is -0.199. The van der Waals surface area contributed by atoms with E-state index in [9.17, 15) is 22.8 Å². The topological polar surface area (TPSA) is 43.4 Å². The average molecular weight is 386 g/mol. The second-order valence-electron chi connectivity index (χ2n) is 9.93. The maximum atomic E-state index is 14.7. The minimum atomic E-state index is -3.57. The van der Waals surface area contributed by atoms with Gasteiger partial charge < -0.3 is 4.74 Å². The van der Waals surface area contributed by atoms with Gasteiger partial charge in [-0.15, -0.1) is 0 Å². The monoisotopic (exact) mass is 386 g/mol. The molecule has 0 aromatic heterocycles. The molecular formula is C21H29F3O3. The molecule has 8 atom stereocenters. The number of hydrogen-bond acceptors (Lipinski definition) is 3. The first-order valence-electron chi connectivity index (χ1n) is 10.2. The van der Waals surface area contributed by atoms with E-state index in [0.29, 0.717) is 12.3 Å². The Morgan fingerprint density at radius 1 is 1.00 bits per heavy atom. The molecule has 152 valence electrons. The molecule has 4 aliphatic rings. The highest BCUT2D eigenvalue weighted by Crippen LogP contribution is 2.67. The van der Waals surface area contributed by atoms with Crippen LogP contribution in [-0.4, -0.2) is 30.0 Å². The van der Waals surface area contributed by atoms with E-state index in [2.05, 4.69) is 6.92 Å². The maximum Gasteiger partial charge on any atom is 0.308 e. The first kappa shape index (κ1) is 19.3. The molecule has 4 fully saturated rings. The summed E-state index contributed by atoms with van der Waals surface area (Å²) < 4.78 is 48.9. The van der Waals surface area contributed by atoms with Gasteiger partial charge in [-0.1, -0.05) is 13.8 Å². The lowest BCUT2D eigenvalue weighted by Gasteiger charge is -2.61. The van der Waals surface area contributed by atoms with Crippen LogP contribution in [0.3, 0.4) is 0 Å². The van der Waals surface area contributed by atoms with Crippen molar-refractivity contribution in [2.75, 3.05) is 0 Å². The van der Waals surface area contributed by atoms with Crippen LogP contribution in [0.15, 0.2) is 0 Å². The van der Waals surface area contributed by atoms with Crippen LogP contribution in [0.25, 0.3) is 0 Å². The van der Waals surface area contributed by atoms with Gasteiger partial charge in [0.15, 0.2) is 6.17 Å². The van der Waals surface area contributed by atoms with Crippen LogP contribution in [0.1, 0.15) is 65.7 Å². The molecule has 0 radical (unpaired) electrons. The first-order chi connectivity index (χ1) is 12.5. The van der Waals surface area contributed by atoms with Crippen LogP contribution < -0.4 is 0 Å². The zero-order valence-corrected chi connectivity index (χ0v) is 16.3. The second-order valence-corrected chi connectivity index (χ2v) is 9.93. The van der Waals surface area contributed by atoms with Gasteiger partial charge in [-0.25, -0.2) is 4.39 Å². The van der Waals surface area contributed by atoms with Crippen molar-refractivity contribution in [3.05, 3.63) is 0 Å². The van der Waals surface area contributed by atoms with Crippen molar-refractivity contribution in [3.63, 3.8) is 0 Å². The summed E-state index contributed by atoms with van der Waals surface area (Å²) in [6.07, 6.45) is 1.84. The van der Waals surface area contributed by atoms with Crippen molar-refractivity contribution in [1.29, 1.82) is 0 Å². The van der Waals surface area contributed by atoms with Crippen LogP contribution in [0, 0.1) is 34.5 Å². The first-order valence-corrected chi connectivity index (χ1v) is 10.2. The average Bonchev–Trinajstić information content (AvgIpc) is 2.88. The minimum Gasteiger partial charge on any atom is -0.462 e. The molecule has 4 rings (SSSR count). The molecule has 0 aromatic rings. The van der Waals surface area contributed by atoms with Gasteiger partial charge in [0.1, 0.15) is 6.10 Å². The molecule has 4 aliphatic carbocycles. The van der Waals surface area contributed by atoms with Gasteiger partial charge in [-0.05, 0) is 61.7 Å². The number of rotatable bonds is 1. The fourth-order valence-corrected chi connectivity index (χ4v) is 7.52. The molecule has 0 aliphatic heterocycles. The van der Waals surface area contributed by atoms with Gasteiger partial charge in [0.2, 0.25) is 5.78 Å². The number of esters is 1. The molecule has 0 amide bonds. The van der Waals surface area contributed by atoms with Crippen LogP contribution in [0.5, 0.6) is 0 Å². The van der Waals surface area contributed by atoms with Gasteiger partial charge in [0.05, 0.1) is 0 Å². The molecule has 0 spiro atoms. The summed E-state index contributed by atoms with van der Waals surface area (Å²) in [5, 5.41) is 0. The Bertz CT molecular complexity index is 665. The Morgan fingerprint density at radius 2 is 1.63 bits per heavy atom. The molecule has 0 saturated heterocycles. The molecule has 27 heavy (non-hydrogen) atoms. The molecule has 3 unspecified atom stereocenters. The summed E-state index contributed by atoms with van der Waals surface area (Å²) in [6, 6.07) is 0. The standard InChI is InChI=1S/C21H29F3O3/c1-11(25)27-16-7-6-13-12-4-5-15-17(22)18(26)21(23,24)10-20(15,3)14(12)8-9-19(13,16)2/h12-17H,4-10H2,1-3H3/t12-,13-,14-,15?,16?,17?,19-,20+/m0/s1. The van der Waals surface area contributed by atoms with Crippen molar-refractivity contribution >= 4 is 11.8 Å². The molecule has 3 nitrogen and oxygen atoms in total. The number of ether oxygens (including phenoxy) is 1. The molecular weight excluding hydrogens is 357 g/mol. The van der Waals surface area contributed by atoms with Crippen LogP contribution in [0.2, 0.25) is 0 Å². The maximum absolute atomic E-state index is 14.7. The third-order valence-electron chi connectivity index (χ3n) is 8.73. The van der Waals surface area contributed by atoms with Crippen molar-refractivity contribution < 1.29 is 27.5 Å². The number of alkyl halides is 3. The van der Waals surface area contributed by atoms with E-state index in [-0.39, 0.29) is 29.3 Å². The number of carbonyl (C=O) groups excluding carboxylic acids is 2. The Morgan fingerprint density at radius 3 is 2.30 bits per heavy atom. The number of hydrogen-bond donors (Lipinski definition) is 0. The summed E-state index contributed by atoms with van der Waals surface area (Å²) in [5.74, 6) is -5.40. The summed E-state index contributed by atoms with van der Waals surface area (Å²) in [7, 11) is 0. The molecule has 4 saturated carbocycles. The van der Waals surface area contributed by atoms with Gasteiger partial charge in [-0.3, -0.25) is 9.59 Å². The normalized spacial score (nSPS) is 51.1. The van der Waals surface area contributed by atoms with Gasteiger partial charge in [-0.2, -0.15) is 8.78 Å². The SMILES string of the molecule is CC(=O)OC1CC[C@H]2[C@@H]3CCC4C(F)C(=O)C(F)(F)C[C@]4(C)[C@H]3CC[C@]12C. The zero-order chi connectivity index (χ0) is 19.8. The fraction of sp³-hybridized carbons (Fsp3) is 0.905. The predicted molar refractivity (Wildman–Crippen MR) is 92.9 cm³/mol. The summed E-state index contributed by atoms with van der Waals surface area (Å²) in [6.45, 7) is 5.39. The third-order valence-corrected chi connectivity index (χ3v) is 8.73. The Balaban J connectivity index is 1.64. The predicted octanol–water partition coefficient (Wildman–Crippen LogP) is 4.72. The van der Waals surface area contributed by atoms with E-state index in [0.717, 1.165) is 32.1 Å². The largest absolute Gasteiger partial charge is 0.462 e.